The van der Waals surface area contributed by atoms with E-state index in [1.54, 1.807) is 0 Å². The van der Waals surface area contributed by atoms with Crippen LogP contribution < -0.4 is 5.73 Å². The molecule has 0 unspecified atom stereocenters. The Bertz CT molecular complexity index is 296. The van der Waals surface area contributed by atoms with Gasteiger partial charge in [0, 0.05) is 6.54 Å². The summed E-state index contributed by atoms with van der Waals surface area (Å²) in [5, 5.41) is 8.98. The number of amides is 1. The average molecular weight is 228 g/mol. The lowest BCUT2D eigenvalue weighted by Gasteiger charge is -2.31. The van der Waals surface area contributed by atoms with Crippen molar-refractivity contribution in [3.05, 3.63) is 0 Å². The van der Waals surface area contributed by atoms with Crippen molar-refractivity contribution in [1.82, 2.24) is 4.90 Å². The van der Waals surface area contributed by atoms with Crippen molar-refractivity contribution in [3.8, 4) is 0 Å². The lowest BCUT2D eigenvalue weighted by atomic mass is 9.86. The van der Waals surface area contributed by atoms with Gasteiger partial charge in [-0.2, -0.15) is 0 Å². The Morgan fingerprint density at radius 3 is 2.44 bits per heavy atom. The second-order valence-electron chi connectivity index (χ2n) is 5.37. The number of nitrogens with two attached hydrogens (primary N) is 1. The molecule has 1 rings (SSSR count). The smallest absolute Gasteiger partial charge is 0.326 e. The highest BCUT2D eigenvalue weighted by atomic mass is 16.4. The number of carbonyl (C=O) groups is 2. The highest BCUT2D eigenvalue weighted by molar-refractivity contribution is 5.87. The van der Waals surface area contributed by atoms with Gasteiger partial charge in [-0.15, -0.1) is 0 Å². The summed E-state index contributed by atoms with van der Waals surface area (Å²) in [6.07, 6.45) is 1.26. The fraction of sp³-hybridized carbons (Fsp3) is 0.818. The van der Waals surface area contributed by atoms with Crippen LogP contribution in [0.25, 0.3) is 0 Å². The van der Waals surface area contributed by atoms with Crippen molar-refractivity contribution in [2.24, 2.45) is 11.1 Å². The molecule has 0 aromatic heterocycles. The summed E-state index contributed by atoms with van der Waals surface area (Å²) in [5.74, 6) is -1.19. The summed E-state index contributed by atoms with van der Waals surface area (Å²) in [6.45, 7) is 6.13. The quantitative estimate of drug-likeness (QED) is 0.718. The van der Waals surface area contributed by atoms with E-state index in [1.165, 1.54) is 4.90 Å². The van der Waals surface area contributed by atoms with E-state index in [-0.39, 0.29) is 11.3 Å². The molecule has 0 aromatic carbocycles. The van der Waals surface area contributed by atoms with Crippen LogP contribution in [0.2, 0.25) is 0 Å². The zero-order valence-corrected chi connectivity index (χ0v) is 10.1. The second-order valence-corrected chi connectivity index (χ2v) is 5.37. The van der Waals surface area contributed by atoms with Crippen LogP contribution in [0, 0.1) is 5.41 Å². The SMILES string of the molecule is CC(C)(C)[C@H](N)C(=O)N1CCC[C@@H]1C(=O)O. The predicted molar refractivity (Wildman–Crippen MR) is 59.8 cm³/mol. The maximum atomic E-state index is 12.0. The lowest BCUT2D eigenvalue weighted by molar-refractivity contribution is -0.149. The van der Waals surface area contributed by atoms with Crippen LogP contribution in [-0.4, -0.2) is 40.5 Å². The molecule has 0 bridgehead atoms. The van der Waals surface area contributed by atoms with Gasteiger partial charge in [0.1, 0.15) is 6.04 Å². The van der Waals surface area contributed by atoms with Crippen molar-refractivity contribution in [2.45, 2.75) is 45.7 Å². The number of rotatable bonds is 2. The van der Waals surface area contributed by atoms with E-state index in [0.717, 1.165) is 6.42 Å². The number of carboxylic acid groups (broad SMARTS) is 1. The van der Waals surface area contributed by atoms with E-state index in [2.05, 4.69) is 0 Å². The minimum absolute atomic E-state index is 0.252. The third-order valence-corrected chi connectivity index (χ3v) is 3.02. The fourth-order valence-corrected chi connectivity index (χ4v) is 1.84. The summed E-state index contributed by atoms with van der Waals surface area (Å²) in [7, 11) is 0. The first-order chi connectivity index (χ1) is 7.25. The van der Waals surface area contributed by atoms with Gasteiger partial charge in [0.25, 0.3) is 0 Å². The molecule has 1 heterocycles. The zero-order valence-electron chi connectivity index (χ0n) is 10.1. The predicted octanol–water partition coefficient (Wildman–Crippen LogP) is 0.435. The van der Waals surface area contributed by atoms with Crippen LogP contribution in [0.4, 0.5) is 0 Å². The molecule has 16 heavy (non-hydrogen) atoms. The topological polar surface area (TPSA) is 83.6 Å². The fourth-order valence-electron chi connectivity index (χ4n) is 1.84. The number of hydrogen-bond acceptors (Lipinski definition) is 3. The maximum Gasteiger partial charge on any atom is 0.326 e. The normalized spacial score (nSPS) is 23.2. The standard InChI is InChI=1S/C11H20N2O3/c1-11(2,3)8(12)9(14)13-6-4-5-7(13)10(15)16/h7-8H,4-6,12H2,1-3H3,(H,15,16)/t7-,8-/m1/s1. The van der Waals surface area contributed by atoms with E-state index in [4.69, 9.17) is 10.8 Å². The largest absolute Gasteiger partial charge is 0.480 e. The average Bonchev–Trinajstić information content (AvgIpc) is 2.62. The number of nitrogens with zero attached hydrogens (tertiary/aromatic N) is 1. The Balaban J connectivity index is 2.77. The Hall–Kier alpha value is -1.10. The molecular weight excluding hydrogens is 208 g/mol. The highest BCUT2D eigenvalue weighted by Gasteiger charge is 2.39. The molecule has 0 aromatic rings. The Morgan fingerprint density at radius 2 is 2.00 bits per heavy atom. The van der Waals surface area contributed by atoms with E-state index in [9.17, 15) is 9.59 Å². The molecule has 3 N–H and O–H groups in total. The molecule has 5 heteroatoms. The Labute approximate surface area is 95.6 Å². The Morgan fingerprint density at radius 1 is 1.44 bits per heavy atom. The van der Waals surface area contributed by atoms with Crippen molar-refractivity contribution < 1.29 is 14.7 Å². The molecule has 5 nitrogen and oxygen atoms in total. The van der Waals surface area contributed by atoms with Crippen molar-refractivity contribution >= 4 is 11.9 Å². The third-order valence-electron chi connectivity index (χ3n) is 3.02. The summed E-state index contributed by atoms with van der Waals surface area (Å²) < 4.78 is 0. The molecular formula is C11H20N2O3. The van der Waals surface area contributed by atoms with Gasteiger partial charge in [-0.05, 0) is 18.3 Å². The highest BCUT2D eigenvalue weighted by Crippen LogP contribution is 2.24. The Kier molecular flexibility index (Phi) is 3.57. The monoisotopic (exact) mass is 228 g/mol. The number of carbonyl (C=O) groups excluding carboxylic acids is 1. The van der Waals surface area contributed by atoms with E-state index < -0.39 is 18.1 Å². The van der Waals surface area contributed by atoms with Gasteiger partial charge in [0.05, 0.1) is 6.04 Å². The summed E-state index contributed by atoms with van der Waals surface area (Å²) in [6, 6.07) is -1.34. The van der Waals surface area contributed by atoms with E-state index >= 15 is 0 Å². The van der Waals surface area contributed by atoms with Gasteiger partial charge in [-0.3, -0.25) is 4.79 Å². The van der Waals surface area contributed by atoms with E-state index in [0.29, 0.717) is 13.0 Å². The van der Waals surface area contributed by atoms with Gasteiger partial charge in [0.15, 0.2) is 0 Å². The number of likely N-dealkylation sites (tertiary alicyclic amines) is 1. The minimum Gasteiger partial charge on any atom is -0.480 e. The number of carboxylic acids is 1. The molecule has 0 radical (unpaired) electrons. The van der Waals surface area contributed by atoms with Crippen LogP contribution in [0.1, 0.15) is 33.6 Å². The first kappa shape index (κ1) is 13.0. The summed E-state index contributed by atoms with van der Waals surface area (Å²) >= 11 is 0. The third kappa shape index (κ3) is 2.52. The summed E-state index contributed by atoms with van der Waals surface area (Å²) in [4.78, 5) is 24.4. The van der Waals surface area contributed by atoms with Crippen LogP contribution in [0.5, 0.6) is 0 Å². The van der Waals surface area contributed by atoms with Gasteiger partial charge >= 0.3 is 5.97 Å². The van der Waals surface area contributed by atoms with Gasteiger partial charge in [0.2, 0.25) is 5.91 Å². The van der Waals surface area contributed by atoms with Crippen molar-refractivity contribution in [1.29, 1.82) is 0 Å². The first-order valence-corrected chi connectivity index (χ1v) is 5.54. The second kappa shape index (κ2) is 4.41. The molecule has 1 amide bonds. The molecule has 1 aliphatic rings. The van der Waals surface area contributed by atoms with Gasteiger partial charge < -0.3 is 15.7 Å². The molecule has 0 aliphatic carbocycles. The van der Waals surface area contributed by atoms with Crippen LogP contribution in [0.15, 0.2) is 0 Å². The van der Waals surface area contributed by atoms with E-state index in [1.807, 2.05) is 20.8 Å². The molecule has 2 atom stereocenters. The molecule has 1 aliphatic heterocycles. The summed E-state index contributed by atoms with van der Waals surface area (Å²) in [5.41, 5.74) is 5.51. The van der Waals surface area contributed by atoms with Crippen molar-refractivity contribution in [2.75, 3.05) is 6.54 Å². The van der Waals surface area contributed by atoms with Crippen LogP contribution in [-0.2, 0) is 9.59 Å². The maximum absolute atomic E-state index is 12.0. The molecule has 0 spiro atoms. The van der Waals surface area contributed by atoms with Gasteiger partial charge in [-0.25, -0.2) is 4.79 Å². The number of aliphatic carboxylic acids is 1. The lowest BCUT2D eigenvalue weighted by Crippen LogP contribution is -2.53. The first-order valence-electron chi connectivity index (χ1n) is 5.54. The molecule has 0 saturated carbocycles. The molecule has 1 saturated heterocycles. The molecule has 92 valence electrons. The zero-order chi connectivity index (χ0) is 12.5. The minimum atomic E-state index is -0.938. The van der Waals surface area contributed by atoms with Gasteiger partial charge in [-0.1, -0.05) is 20.8 Å². The van der Waals surface area contributed by atoms with Crippen molar-refractivity contribution in [3.63, 3.8) is 0 Å². The number of hydrogen-bond donors (Lipinski definition) is 2. The van der Waals surface area contributed by atoms with Crippen LogP contribution in [0.3, 0.4) is 0 Å². The van der Waals surface area contributed by atoms with Crippen LogP contribution >= 0.6 is 0 Å². The molecule has 1 fully saturated rings.